The molecule has 0 unspecified atom stereocenters. The lowest BCUT2D eigenvalue weighted by Crippen LogP contribution is -2.40. The van der Waals surface area contributed by atoms with Gasteiger partial charge >= 0.3 is 0 Å². The van der Waals surface area contributed by atoms with E-state index in [1.165, 1.54) is 25.0 Å². The number of halogens is 1. The Bertz CT molecular complexity index is 413. The van der Waals surface area contributed by atoms with Crippen molar-refractivity contribution in [1.29, 1.82) is 0 Å². The van der Waals surface area contributed by atoms with Crippen LogP contribution < -0.4 is 11.1 Å². The van der Waals surface area contributed by atoms with Crippen LogP contribution in [-0.4, -0.2) is 24.0 Å². The molecule has 1 aliphatic rings. The molecule has 1 saturated carbocycles. The lowest BCUT2D eigenvalue weighted by molar-refractivity contribution is 0.0927. The van der Waals surface area contributed by atoms with Gasteiger partial charge in [0.15, 0.2) is 0 Å². The second kappa shape index (κ2) is 5.44. The van der Waals surface area contributed by atoms with E-state index >= 15 is 0 Å². The summed E-state index contributed by atoms with van der Waals surface area (Å²) < 4.78 is 12.7. The maximum Gasteiger partial charge on any atom is 0.269 e. The molecule has 0 atom stereocenters. The third-order valence-corrected chi connectivity index (χ3v) is 3.68. The fourth-order valence-corrected chi connectivity index (χ4v) is 2.45. The minimum atomic E-state index is -0.444. The van der Waals surface area contributed by atoms with Gasteiger partial charge in [-0.2, -0.15) is 0 Å². The number of nitrogens with one attached hydrogen (secondary N) is 1. The van der Waals surface area contributed by atoms with Crippen LogP contribution in [0.2, 0.25) is 0 Å². The van der Waals surface area contributed by atoms with E-state index in [-0.39, 0.29) is 17.0 Å². The molecule has 1 aliphatic carbocycles. The number of carbonyl (C=O) groups excluding carboxylic acids is 1. The summed E-state index contributed by atoms with van der Waals surface area (Å²) in [5, 5.41) is 2.85. The first-order valence-corrected chi connectivity index (χ1v) is 6.25. The number of hydrogen-bond acceptors (Lipinski definition) is 3. The largest absolute Gasteiger partial charge is 0.350 e. The van der Waals surface area contributed by atoms with Gasteiger partial charge in [0.25, 0.3) is 5.91 Å². The predicted molar refractivity (Wildman–Crippen MR) is 66.5 cm³/mol. The van der Waals surface area contributed by atoms with Crippen molar-refractivity contribution < 1.29 is 9.18 Å². The Morgan fingerprint density at radius 3 is 2.72 bits per heavy atom. The summed E-state index contributed by atoms with van der Waals surface area (Å²) in [6.07, 6.45) is 5.49. The maximum atomic E-state index is 12.7. The quantitative estimate of drug-likeness (QED) is 0.851. The number of hydrogen-bond donors (Lipinski definition) is 2. The maximum absolute atomic E-state index is 12.7. The molecule has 1 amide bonds. The second-order valence-electron chi connectivity index (χ2n) is 4.96. The summed E-state index contributed by atoms with van der Waals surface area (Å²) in [6.45, 7) is 1.16. The lowest BCUT2D eigenvalue weighted by Gasteiger charge is -2.27. The Kier molecular flexibility index (Phi) is 3.91. The van der Waals surface area contributed by atoms with Crippen molar-refractivity contribution in [2.45, 2.75) is 25.7 Å². The van der Waals surface area contributed by atoms with E-state index in [1.807, 2.05) is 0 Å². The smallest absolute Gasteiger partial charge is 0.269 e. The Labute approximate surface area is 106 Å². The Hall–Kier alpha value is -1.49. The van der Waals surface area contributed by atoms with Crippen molar-refractivity contribution in [3.05, 3.63) is 29.8 Å². The number of nitrogens with two attached hydrogens (primary N) is 1. The summed E-state index contributed by atoms with van der Waals surface area (Å²) in [7, 11) is 0. The minimum Gasteiger partial charge on any atom is -0.350 e. The van der Waals surface area contributed by atoms with Crippen molar-refractivity contribution in [2.75, 3.05) is 13.1 Å². The van der Waals surface area contributed by atoms with E-state index in [4.69, 9.17) is 5.73 Å². The summed E-state index contributed by atoms with van der Waals surface area (Å²) in [5.41, 5.74) is 6.07. The van der Waals surface area contributed by atoms with Crippen molar-refractivity contribution in [2.24, 2.45) is 11.1 Å². The molecule has 0 aliphatic heterocycles. The summed E-state index contributed by atoms with van der Waals surface area (Å²) in [4.78, 5) is 15.6. The molecule has 0 aromatic carbocycles. The first-order chi connectivity index (χ1) is 8.65. The van der Waals surface area contributed by atoms with E-state index in [2.05, 4.69) is 10.3 Å². The van der Waals surface area contributed by atoms with E-state index in [0.29, 0.717) is 13.1 Å². The molecule has 18 heavy (non-hydrogen) atoms. The van der Waals surface area contributed by atoms with Crippen molar-refractivity contribution in [1.82, 2.24) is 10.3 Å². The van der Waals surface area contributed by atoms with Crippen LogP contribution in [0.15, 0.2) is 18.3 Å². The van der Waals surface area contributed by atoms with Gasteiger partial charge < -0.3 is 11.1 Å². The van der Waals surface area contributed by atoms with E-state index < -0.39 is 5.82 Å². The van der Waals surface area contributed by atoms with Gasteiger partial charge in [-0.1, -0.05) is 12.8 Å². The number of aromatic nitrogens is 1. The van der Waals surface area contributed by atoms with Gasteiger partial charge in [0.05, 0.1) is 6.20 Å². The number of pyridine rings is 1. The average molecular weight is 251 g/mol. The summed E-state index contributed by atoms with van der Waals surface area (Å²) >= 11 is 0. The molecular weight excluding hydrogens is 233 g/mol. The highest BCUT2D eigenvalue weighted by Gasteiger charge is 2.32. The fourth-order valence-electron chi connectivity index (χ4n) is 2.45. The molecule has 98 valence electrons. The zero-order valence-electron chi connectivity index (χ0n) is 10.3. The van der Waals surface area contributed by atoms with Gasteiger partial charge in [-0.05, 0) is 36.9 Å². The van der Waals surface area contributed by atoms with Gasteiger partial charge in [0, 0.05) is 6.54 Å². The molecule has 5 heteroatoms. The molecule has 0 radical (unpaired) electrons. The third-order valence-electron chi connectivity index (χ3n) is 3.68. The van der Waals surface area contributed by atoms with Crippen LogP contribution in [0.1, 0.15) is 36.2 Å². The highest BCUT2D eigenvalue weighted by atomic mass is 19.1. The molecule has 2 rings (SSSR count). The van der Waals surface area contributed by atoms with Gasteiger partial charge in [0.1, 0.15) is 11.5 Å². The average Bonchev–Trinajstić information content (AvgIpc) is 2.86. The molecule has 0 bridgehead atoms. The number of rotatable bonds is 4. The standard InChI is InChI=1S/C13H18FN3O/c14-10-3-4-11(16-7-10)12(18)17-9-13(8-15)5-1-2-6-13/h3-4,7H,1-2,5-6,8-9,15H2,(H,17,18). The van der Waals surface area contributed by atoms with Crippen LogP contribution >= 0.6 is 0 Å². The SMILES string of the molecule is NCC1(CNC(=O)c2ccc(F)cn2)CCCC1. The highest BCUT2D eigenvalue weighted by Crippen LogP contribution is 2.36. The number of nitrogens with zero attached hydrogens (tertiary/aromatic N) is 1. The van der Waals surface area contributed by atoms with E-state index in [0.717, 1.165) is 19.0 Å². The van der Waals surface area contributed by atoms with Crippen LogP contribution in [0.4, 0.5) is 4.39 Å². The minimum absolute atomic E-state index is 0.0374. The molecule has 3 N–H and O–H groups in total. The normalized spacial score (nSPS) is 17.7. The molecule has 1 heterocycles. The van der Waals surface area contributed by atoms with Crippen LogP contribution in [0, 0.1) is 11.2 Å². The van der Waals surface area contributed by atoms with Gasteiger partial charge in [-0.15, -0.1) is 0 Å². The van der Waals surface area contributed by atoms with E-state index in [9.17, 15) is 9.18 Å². The molecule has 0 saturated heterocycles. The van der Waals surface area contributed by atoms with Crippen LogP contribution in [0.3, 0.4) is 0 Å². The highest BCUT2D eigenvalue weighted by molar-refractivity contribution is 5.92. The Morgan fingerprint density at radius 1 is 1.44 bits per heavy atom. The first kappa shape index (κ1) is 13.0. The van der Waals surface area contributed by atoms with Gasteiger partial charge in [-0.25, -0.2) is 9.37 Å². The van der Waals surface area contributed by atoms with Crippen LogP contribution in [0.25, 0.3) is 0 Å². The molecule has 0 spiro atoms. The predicted octanol–water partition coefficient (Wildman–Crippen LogP) is 1.47. The summed E-state index contributed by atoms with van der Waals surface area (Å²) in [6, 6.07) is 2.62. The third kappa shape index (κ3) is 2.85. The summed E-state index contributed by atoms with van der Waals surface area (Å²) in [5.74, 6) is -0.713. The second-order valence-corrected chi connectivity index (χ2v) is 4.96. The Morgan fingerprint density at radius 2 is 2.17 bits per heavy atom. The monoisotopic (exact) mass is 251 g/mol. The molecule has 1 aromatic rings. The zero-order chi connectivity index (χ0) is 13.0. The number of amides is 1. The van der Waals surface area contributed by atoms with Gasteiger partial charge in [-0.3, -0.25) is 4.79 Å². The topological polar surface area (TPSA) is 68.0 Å². The molecule has 1 aromatic heterocycles. The molecule has 1 fully saturated rings. The van der Waals surface area contributed by atoms with Crippen LogP contribution in [0.5, 0.6) is 0 Å². The first-order valence-electron chi connectivity index (χ1n) is 6.25. The molecular formula is C13H18FN3O. The van der Waals surface area contributed by atoms with Crippen molar-refractivity contribution in [3.63, 3.8) is 0 Å². The van der Waals surface area contributed by atoms with Crippen molar-refractivity contribution >= 4 is 5.91 Å². The van der Waals surface area contributed by atoms with E-state index in [1.54, 1.807) is 0 Å². The van der Waals surface area contributed by atoms with Crippen LogP contribution in [-0.2, 0) is 0 Å². The molecule has 4 nitrogen and oxygen atoms in total. The van der Waals surface area contributed by atoms with Gasteiger partial charge in [0.2, 0.25) is 0 Å². The zero-order valence-corrected chi connectivity index (χ0v) is 10.3. The lowest BCUT2D eigenvalue weighted by atomic mass is 9.86. The number of carbonyl (C=O) groups is 1. The fraction of sp³-hybridized carbons (Fsp3) is 0.538. The van der Waals surface area contributed by atoms with Crippen molar-refractivity contribution in [3.8, 4) is 0 Å². The Balaban J connectivity index is 1.93.